The highest BCUT2D eigenvalue weighted by Crippen LogP contribution is 2.44. The maximum atomic E-state index is 6.96. The summed E-state index contributed by atoms with van der Waals surface area (Å²) in [6, 6.07) is 58.5. The summed E-state index contributed by atoms with van der Waals surface area (Å²) in [4.78, 5) is 15.3. The first-order valence-corrected chi connectivity index (χ1v) is 18.4. The van der Waals surface area contributed by atoms with Crippen molar-refractivity contribution in [1.29, 1.82) is 0 Å². The molecule has 4 aromatic heterocycles. The lowest BCUT2D eigenvalue weighted by Gasteiger charge is -2.13. The quantitative estimate of drug-likeness (QED) is 0.182. The van der Waals surface area contributed by atoms with Crippen LogP contribution >= 0.6 is 0 Å². The van der Waals surface area contributed by atoms with E-state index < -0.39 is 0 Å². The molecule has 0 amide bonds. The number of nitrogens with zero attached hydrogens (tertiary/aromatic N) is 4. The van der Waals surface area contributed by atoms with Gasteiger partial charge in [0, 0.05) is 43.4 Å². The van der Waals surface area contributed by atoms with Gasteiger partial charge in [0.25, 0.3) is 0 Å². The lowest BCUT2D eigenvalue weighted by molar-refractivity contribution is 0.668. The standard InChI is InChI=1S/C49H28N4O2/c1-2-13-29(14-3-1)47-50-48(31-25-26-36-35-19-8-11-24-41(35)54-42(36)28-31)52-49(51-47)38-21-12-20-37-44-43(55-46(37)38)27-30-15-4-5-16-32(30)45(44)53-39-22-9-6-17-33(39)34-18-7-10-23-40(34)53/h1-28H. The molecule has 12 rings (SSSR count). The Hall–Kier alpha value is -7.57. The lowest BCUT2D eigenvalue weighted by atomic mass is 10.0. The zero-order valence-corrected chi connectivity index (χ0v) is 29.3. The second-order valence-corrected chi connectivity index (χ2v) is 14.0. The topological polar surface area (TPSA) is 69.9 Å². The van der Waals surface area contributed by atoms with Gasteiger partial charge in [0.2, 0.25) is 0 Å². The number of furan rings is 2. The van der Waals surface area contributed by atoms with Gasteiger partial charge in [-0.1, -0.05) is 127 Å². The number of benzene rings is 8. The molecule has 0 atom stereocenters. The lowest BCUT2D eigenvalue weighted by Crippen LogP contribution is -2.00. The summed E-state index contributed by atoms with van der Waals surface area (Å²) >= 11 is 0. The normalized spacial score (nSPS) is 12.0. The van der Waals surface area contributed by atoms with Crippen LogP contribution in [0.2, 0.25) is 0 Å². The molecule has 0 aliphatic rings. The van der Waals surface area contributed by atoms with Crippen LogP contribution in [0, 0.1) is 0 Å². The van der Waals surface area contributed by atoms with Gasteiger partial charge >= 0.3 is 0 Å². The average Bonchev–Trinajstić information content (AvgIpc) is 3.92. The van der Waals surface area contributed by atoms with Crippen molar-refractivity contribution >= 4 is 76.5 Å². The molecule has 0 radical (unpaired) electrons. The molecule has 0 spiro atoms. The smallest absolute Gasteiger partial charge is 0.167 e. The van der Waals surface area contributed by atoms with E-state index in [0.717, 1.165) is 88.1 Å². The van der Waals surface area contributed by atoms with E-state index in [2.05, 4.69) is 114 Å². The van der Waals surface area contributed by atoms with Crippen LogP contribution in [0.15, 0.2) is 179 Å². The highest BCUT2D eigenvalue weighted by Gasteiger charge is 2.23. The zero-order valence-electron chi connectivity index (χ0n) is 29.3. The van der Waals surface area contributed by atoms with Gasteiger partial charge in [0.1, 0.15) is 22.3 Å². The van der Waals surface area contributed by atoms with Crippen LogP contribution in [0.1, 0.15) is 0 Å². The SMILES string of the molecule is c1ccc(-c2nc(-c3ccc4c(c3)oc3ccccc34)nc(-c3cccc4c3oc3cc5ccccc5c(-n5c6ccccc6c6ccccc65)c34)n2)cc1. The third-order valence-electron chi connectivity index (χ3n) is 10.8. The van der Waals surface area contributed by atoms with Crippen molar-refractivity contribution in [2.75, 3.05) is 0 Å². The first kappa shape index (κ1) is 29.9. The Labute approximate surface area is 313 Å². The molecule has 0 unspecified atom stereocenters. The largest absolute Gasteiger partial charge is 0.456 e. The van der Waals surface area contributed by atoms with E-state index in [-0.39, 0.29) is 0 Å². The summed E-state index contributed by atoms with van der Waals surface area (Å²) in [6.07, 6.45) is 0. The number of hydrogen-bond acceptors (Lipinski definition) is 5. The highest BCUT2D eigenvalue weighted by molar-refractivity contribution is 6.21. The fourth-order valence-corrected chi connectivity index (χ4v) is 8.38. The third-order valence-corrected chi connectivity index (χ3v) is 10.8. The van der Waals surface area contributed by atoms with Crippen LogP contribution in [-0.4, -0.2) is 19.5 Å². The van der Waals surface area contributed by atoms with Crippen LogP contribution in [-0.2, 0) is 0 Å². The molecular weight excluding hydrogens is 677 g/mol. The van der Waals surface area contributed by atoms with Gasteiger partial charge in [-0.3, -0.25) is 0 Å². The molecule has 8 aromatic carbocycles. The maximum Gasteiger partial charge on any atom is 0.167 e. The van der Waals surface area contributed by atoms with Gasteiger partial charge in [-0.2, -0.15) is 0 Å². The van der Waals surface area contributed by atoms with Crippen molar-refractivity contribution in [1.82, 2.24) is 19.5 Å². The minimum Gasteiger partial charge on any atom is -0.456 e. The van der Waals surface area contributed by atoms with E-state index >= 15 is 0 Å². The molecule has 0 fully saturated rings. The van der Waals surface area contributed by atoms with Gasteiger partial charge in [-0.05, 0) is 47.9 Å². The zero-order chi connectivity index (χ0) is 36.0. The number of para-hydroxylation sites is 4. The summed E-state index contributed by atoms with van der Waals surface area (Å²) < 4.78 is 15.6. The summed E-state index contributed by atoms with van der Waals surface area (Å²) in [5.74, 6) is 1.66. The van der Waals surface area contributed by atoms with Crippen LogP contribution in [0.25, 0.3) is 116 Å². The molecule has 0 aliphatic carbocycles. The van der Waals surface area contributed by atoms with Crippen molar-refractivity contribution in [2.24, 2.45) is 0 Å². The Bertz CT molecular complexity index is 3450. The van der Waals surface area contributed by atoms with E-state index in [1.54, 1.807) is 0 Å². The molecule has 12 aromatic rings. The average molecular weight is 705 g/mol. The van der Waals surface area contributed by atoms with Crippen molar-refractivity contribution in [3.8, 4) is 39.9 Å². The molecular formula is C49H28N4O2. The van der Waals surface area contributed by atoms with Gasteiger partial charge in [-0.15, -0.1) is 0 Å². The van der Waals surface area contributed by atoms with E-state index in [1.807, 2.05) is 60.7 Å². The number of rotatable bonds is 4. The molecule has 0 saturated carbocycles. The van der Waals surface area contributed by atoms with E-state index in [1.165, 1.54) is 10.8 Å². The van der Waals surface area contributed by atoms with E-state index in [9.17, 15) is 0 Å². The predicted molar refractivity (Wildman–Crippen MR) is 223 cm³/mol. The fourth-order valence-electron chi connectivity index (χ4n) is 8.38. The second kappa shape index (κ2) is 11.5. The van der Waals surface area contributed by atoms with Crippen LogP contribution < -0.4 is 0 Å². The molecule has 4 heterocycles. The van der Waals surface area contributed by atoms with Gasteiger partial charge in [0.05, 0.1) is 27.7 Å². The Morgan fingerprint density at radius 3 is 1.80 bits per heavy atom. The number of hydrogen-bond donors (Lipinski definition) is 0. The molecule has 0 bridgehead atoms. The molecule has 0 N–H and O–H groups in total. The molecule has 55 heavy (non-hydrogen) atoms. The molecule has 256 valence electrons. The summed E-state index contributed by atoms with van der Waals surface area (Å²) in [5, 5.41) is 8.81. The van der Waals surface area contributed by atoms with Crippen molar-refractivity contribution < 1.29 is 8.83 Å². The summed E-state index contributed by atoms with van der Waals surface area (Å²) in [7, 11) is 0. The highest BCUT2D eigenvalue weighted by atomic mass is 16.3. The number of aromatic nitrogens is 4. The Kier molecular flexibility index (Phi) is 6.24. The van der Waals surface area contributed by atoms with Crippen LogP contribution in [0.3, 0.4) is 0 Å². The monoisotopic (exact) mass is 704 g/mol. The summed E-state index contributed by atoms with van der Waals surface area (Å²) in [5.41, 5.74) is 9.04. The van der Waals surface area contributed by atoms with Gasteiger partial charge in [0.15, 0.2) is 17.5 Å². The van der Waals surface area contributed by atoms with Gasteiger partial charge in [-0.25, -0.2) is 15.0 Å². The number of fused-ring (bicyclic) bond motifs is 10. The van der Waals surface area contributed by atoms with Crippen molar-refractivity contribution in [3.63, 3.8) is 0 Å². The summed E-state index contributed by atoms with van der Waals surface area (Å²) in [6.45, 7) is 0. The van der Waals surface area contributed by atoms with Crippen LogP contribution in [0.4, 0.5) is 0 Å². The predicted octanol–water partition coefficient (Wildman–Crippen LogP) is 12.9. The Morgan fingerprint density at radius 1 is 0.382 bits per heavy atom. The first-order chi connectivity index (χ1) is 27.3. The van der Waals surface area contributed by atoms with Crippen LogP contribution in [0.5, 0.6) is 0 Å². The molecule has 0 saturated heterocycles. The third kappa shape index (κ3) is 4.46. The minimum absolute atomic E-state index is 0.529. The van der Waals surface area contributed by atoms with Gasteiger partial charge < -0.3 is 13.4 Å². The van der Waals surface area contributed by atoms with E-state index in [0.29, 0.717) is 17.5 Å². The van der Waals surface area contributed by atoms with Crippen molar-refractivity contribution in [2.45, 2.75) is 0 Å². The Balaban J connectivity index is 1.14. The van der Waals surface area contributed by atoms with E-state index in [4.69, 9.17) is 23.8 Å². The maximum absolute atomic E-state index is 6.96. The fraction of sp³-hybridized carbons (Fsp3) is 0. The molecule has 6 nitrogen and oxygen atoms in total. The second-order valence-electron chi connectivity index (χ2n) is 14.0. The molecule has 0 aliphatic heterocycles. The minimum atomic E-state index is 0.529. The molecule has 6 heteroatoms. The Morgan fingerprint density at radius 2 is 1.00 bits per heavy atom. The first-order valence-electron chi connectivity index (χ1n) is 18.4. The van der Waals surface area contributed by atoms with Crippen molar-refractivity contribution in [3.05, 3.63) is 170 Å².